The second-order valence-corrected chi connectivity index (χ2v) is 7.63. The number of amides is 1. The number of thioether (sulfide) groups is 1. The number of hydrogen-bond donors (Lipinski definition) is 1. The number of nitrogens with zero attached hydrogens (tertiary/aromatic N) is 2. The lowest BCUT2D eigenvalue weighted by Crippen LogP contribution is -2.16. The van der Waals surface area contributed by atoms with Gasteiger partial charge in [-0.15, -0.1) is 21.5 Å². The summed E-state index contributed by atoms with van der Waals surface area (Å²) in [5.74, 6) is -0.358. The van der Waals surface area contributed by atoms with Crippen LogP contribution in [0, 0.1) is 6.92 Å². The van der Waals surface area contributed by atoms with Crippen LogP contribution < -0.4 is 5.32 Å². The third-order valence-corrected chi connectivity index (χ3v) is 6.18. The molecule has 2 heterocycles. The molecule has 0 aliphatic carbocycles. The summed E-state index contributed by atoms with van der Waals surface area (Å²) < 4.78 is 5.84. The summed E-state index contributed by atoms with van der Waals surface area (Å²) in [6, 6.07) is 0. The third-order valence-electron chi connectivity index (χ3n) is 2.97. The molecule has 2 aromatic heterocycles. The first-order valence-corrected chi connectivity index (χ1v) is 9.73. The Morgan fingerprint density at radius 1 is 1.39 bits per heavy atom. The van der Waals surface area contributed by atoms with E-state index in [1.54, 1.807) is 12.4 Å². The Morgan fingerprint density at radius 3 is 2.78 bits per heavy atom. The minimum Gasteiger partial charge on any atom is -0.462 e. The second-order valence-electron chi connectivity index (χ2n) is 4.47. The number of hydrogen-bond acceptors (Lipinski definition) is 8. The van der Waals surface area contributed by atoms with Crippen LogP contribution in [0.3, 0.4) is 0 Å². The summed E-state index contributed by atoms with van der Waals surface area (Å²) in [6.45, 7) is 5.96. The Bertz CT molecular complexity index is 683. The molecule has 9 heteroatoms. The number of carbonyl (C=O) groups is 2. The molecule has 6 nitrogen and oxygen atoms in total. The molecular weight excluding hydrogens is 354 g/mol. The van der Waals surface area contributed by atoms with Crippen molar-refractivity contribution in [2.45, 2.75) is 31.5 Å². The van der Waals surface area contributed by atoms with Crippen molar-refractivity contribution in [3.05, 3.63) is 21.5 Å². The molecule has 1 N–H and O–H groups in total. The highest BCUT2D eigenvalue weighted by atomic mass is 32.2. The van der Waals surface area contributed by atoms with Crippen LogP contribution in [0.5, 0.6) is 0 Å². The molecule has 0 atom stereocenters. The van der Waals surface area contributed by atoms with Gasteiger partial charge in [0.1, 0.15) is 10.5 Å². The number of aryl methyl sites for hydroxylation is 1. The average Bonchev–Trinajstić information content (AvgIpc) is 3.13. The lowest BCUT2D eigenvalue weighted by molar-refractivity contribution is -0.113. The molecule has 1 amide bonds. The van der Waals surface area contributed by atoms with Gasteiger partial charge in [-0.2, -0.15) is 0 Å². The number of anilines is 1. The molecule has 0 radical (unpaired) electrons. The van der Waals surface area contributed by atoms with Crippen LogP contribution in [0.25, 0.3) is 0 Å². The first kappa shape index (κ1) is 17.9. The van der Waals surface area contributed by atoms with Gasteiger partial charge in [0.25, 0.3) is 0 Å². The van der Waals surface area contributed by atoms with E-state index in [4.69, 9.17) is 4.74 Å². The van der Waals surface area contributed by atoms with Crippen LogP contribution in [0.15, 0.2) is 9.85 Å². The van der Waals surface area contributed by atoms with Gasteiger partial charge in [0.15, 0.2) is 4.34 Å². The van der Waals surface area contributed by atoms with E-state index in [1.165, 1.54) is 34.4 Å². The zero-order valence-electron chi connectivity index (χ0n) is 13.0. The predicted molar refractivity (Wildman–Crippen MR) is 93.7 cm³/mol. The highest BCUT2D eigenvalue weighted by Crippen LogP contribution is 2.34. The van der Waals surface area contributed by atoms with Crippen molar-refractivity contribution in [2.75, 3.05) is 17.7 Å². The van der Waals surface area contributed by atoms with Gasteiger partial charge in [0, 0.05) is 4.88 Å². The number of esters is 1. The Hall–Kier alpha value is -1.45. The fourth-order valence-corrected chi connectivity index (χ4v) is 4.39. The minimum absolute atomic E-state index is 0.181. The summed E-state index contributed by atoms with van der Waals surface area (Å²) in [7, 11) is 0. The monoisotopic (exact) mass is 371 g/mol. The van der Waals surface area contributed by atoms with Crippen molar-refractivity contribution in [1.29, 1.82) is 0 Å². The largest absolute Gasteiger partial charge is 0.462 e. The Morgan fingerprint density at radius 2 is 2.17 bits per heavy atom. The minimum atomic E-state index is -0.395. The molecule has 0 aliphatic rings. The molecule has 2 rings (SSSR count). The van der Waals surface area contributed by atoms with E-state index in [0.717, 1.165) is 21.2 Å². The van der Waals surface area contributed by atoms with Gasteiger partial charge in [-0.1, -0.05) is 30.0 Å². The van der Waals surface area contributed by atoms with Gasteiger partial charge >= 0.3 is 5.97 Å². The Kier molecular flexibility index (Phi) is 6.55. The number of ether oxygens (including phenoxy) is 1. The number of thiophene rings is 1. The highest BCUT2D eigenvalue weighted by molar-refractivity contribution is 8.01. The van der Waals surface area contributed by atoms with Crippen molar-refractivity contribution in [1.82, 2.24) is 10.2 Å². The first-order valence-electron chi connectivity index (χ1n) is 7.05. The zero-order valence-corrected chi connectivity index (χ0v) is 15.5. The van der Waals surface area contributed by atoms with E-state index in [-0.39, 0.29) is 11.7 Å². The first-order chi connectivity index (χ1) is 11.1. The molecule has 0 unspecified atom stereocenters. The maximum atomic E-state index is 12.2. The van der Waals surface area contributed by atoms with Gasteiger partial charge in [-0.25, -0.2) is 4.79 Å². The highest BCUT2D eigenvalue weighted by Gasteiger charge is 2.23. The van der Waals surface area contributed by atoms with Gasteiger partial charge in [-0.05, 0) is 25.8 Å². The molecule has 0 saturated carbocycles. The molecule has 23 heavy (non-hydrogen) atoms. The fourth-order valence-electron chi connectivity index (χ4n) is 1.95. The molecule has 124 valence electrons. The normalized spacial score (nSPS) is 10.6. The maximum absolute atomic E-state index is 12.2. The standard InChI is InChI=1S/C14H17N3O3S3/c1-4-9-8(3)11(13(19)20-5-2)12(23-9)16-10(18)6-21-14-17-15-7-22-14/h7H,4-6H2,1-3H3,(H,16,18). The molecule has 0 aromatic carbocycles. The molecule has 0 saturated heterocycles. The fraction of sp³-hybridized carbons (Fsp3) is 0.429. The SMILES string of the molecule is CCOC(=O)c1c(NC(=O)CSc2nncs2)sc(CC)c1C. The smallest absolute Gasteiger partial charge is 0.341 e. The number of carbonyl (C=O) groups excluding carboxylic acids is 2. The summed E-state index contributed by atoms with van der Waals surface area (Å²) in [4.78, 5) is 25.4. The van der Waals surface area contributed by atoms with E-state index in [1.807, 2.05) is 13.8 Å². The van der Waals surface area contributed by atoms with Crippen LogP contribution >= 0.6 is 34.4 Å². The van der Waals surface area contributed by atoms with Crippen molar-refractivity contribution in [3.8, 4) is 0 Å². The average molecular weight is 372 g/mol. The Balaban J connectivity index is 2.11. The lowest BCUT2D eigenvalue weighted by Gasteiger charge is -2.06. The Labute approximate surface area is 146 Å². The van der Waals surface area contributed by atoms with Gasteiger partial charge in [-0.3, -0.25) is 4.79 Å². The zero-order chi connectivity index (χ0) is 16.8. The van der Waals surface area contributed by atoms with Gasteiger partial charge in [0.05, 0.1) is 17.9 Å². The summed E-state index contributed by atoms with van der Waals surface area (Å²) in [6.07, 6.45) is 0.804. The second kappa shape index (κ2) is 8.42. The third kappa shape index (κ3) is 4.52. The van der Waals surface area contributed by atoms with Crippen molar-refractivity contribution in [3.63, 3.8) is 0 Å². The van der Waals surface area contributed by atoms with E-state index in [0.29, 0.717) is 17.2 Å². The molecular formula is C14H17N3O3S3. The topological polar surface area (TPSA) is 81.2 Å². The van der Waals surface area contributed by atoms with Crippen LogP contribution in [0.4, 0.5) is 5.00 Å². The van der Waals surface area contributed by atoms with Crippen molar-refractivity contribution >= 4 is 51.3 Å². The molecule has 0 bridgehead atoms. The lowest BCUT2D eigenvalue weighted by atomic mass is 10.1. The summed E-state index contributed by atoms with van der Waals surface area (Å²) >= 11 is 4.13. The quantitative estimate of drug-likeness (QED) is 0.593. The van der Waals surface area contributed by atoms with E-state index >= 15 is 0 Å². The van der Waals surface area contributed by atoms with Crippen molar-refractivity contribution < 1.29 is 14.3 Å². The molecule has 0 fully saturated rings. The van der Waals surface area contributed by atoms with Gasteiger partial charge in [0.2, 0.25) is 5.91 Å². The number of aromatic nitrogens is 2. The molecule has 2 aromatic rings. The van der Waals surface area contributed by atoms with Crippen LogP contribution in [-0.2, 0) is 16.0 Å². The van der Waals surface area contributed by atoms with Gasteiger partial charge < -0.3 is 10.1 Å². The number of nitrogens with one attached hydrogen (secondary N) is 1. The van der Waals surface area contributed by atoms with E-state index in [9.17, 15) is 9.59 Å². The van der Waals surface area contributed by atoms with Crippen molar-refractivity contribution in [2.24, 2.45) is 0 Å². The van der Waals surface area contributed by atoms with E-state index < -0.39 is 5.97 Å². The molecule has 0 aliphatic heterocycles. The maximum Gasteiger partial charge on any atom is 0.341 e. The summed E-state index contributed by atoms with van der Waals surface area (Å²) in [5.41, 5.74) is 2.96. The van der Waals surface area contributed by atoms with E-state index in [2.05, 4.69) is 15.5 Å². The predicted octanol–water partition coefficient (Wildman–Crippen LogP) is 3.38. The summed E-state index contributed by atoms with van der Waals surface area (Å²) in [5, 5.41) is 11.0. The molecule has 0 spiro atoms. The van der Waals surface area contributed by atoms with Crippen LogP contribution in [-0.4, -0.2) is 34.4 Å². The van der Waals surface area contributed by atoms with Crippen LogP contribution in [0.1, 0.15) is 34.6 Å². The number of rotatable bonds is 7. The van der Waals surface area contributed by atoms with Crippen LogP contribution in [0.2, 0.25) is 0 Å².